The Morgan fingerprint density at radius 2 is 1.42 bits per heavy atom. The molecule has 1 aromatic heterocycles. The third-order valence-electron chi connectivity index (χ3n) is 3.39. The second-order valence-corrected chi connectivity index (χ2v) is 7.66. The first-order chi connectivity index (χ1) is 8.67. The van der Waals surface area contributed by atoms with Gasteiger partial charge in [0.05, 0.1) is 6.04 Å². The molecule has 0 aliphatic heterocycles. The highest BCUT2D eigenvalue weighted by atomic mass is 15.5. The molecule has 1 aromatic carbocycles. The molecule has 3 nitrogen and oxygen atoms in total. The summed E-state index contributed by atoms with van der Waals surface area (Å²) in [5.74, 6) is 0. The van der Waals surface area contributed by atoms with Gasteiger partial charge in [0.1, 0.15) is 11.0 Å². The van der Waals surface area contributed by atoms with E-state index in [1.165, 1.54) is 0 Å². The second kappa shape index (κ2) is 4.62. The van der Waals surface area contributed by atoms with E-state index in [9.17, 15) is 0 Å². The normalized spacial score (nSPS) is 14.8. The summed E-state index contributed by atoms with van der Waals surface area (Å²) in [6.07, 6.45) is 1.07. The van der Waals surface area contributed by atoms with Crippen molar-refractivity contribution in [1.29, 1.82) is 0 Å². The molecule has 0 N–H and O–H groups in total. The minimum Gasteiger partial charge on any atom is -0.180 e. The molecule has 104 valence electrons. The molecule has 1 atom stereocenters. The van der Waals surface area contributed by atoms with E-state index in [-0.39, 0.29) is 10.8 Å². The second-order valence-electron chi connectivity index (χ2n) is 7.66. The van der Waals surface area contributed by atoms with Crippen molar-refractivity contribution >= 4 is 11.0 Å². The van der Waals surface area contributed by atoms with Crippen LogP contribution < -0.4 is 0 Å². The average Bonchev–Trinajstić information content (AvgIpc) is 2.66. The zero-order chi connectivity index (χ0) is 14.3. The molecule has 19 heavy (non-hydrogen) atoms. The Labute approximate surface area is 116 Å². The molecule has 0 radical (unpaired) electrons. The van der Waals surface area contributed by atoms with Crippen LogP contribution in [0.1, 0.15) is 54.0 Å². The zero-order valence-corrected chi connectivity index (χ0v) is 12.9. The van der Waals surface area contributed by atoms with Gasteiger partial charge in [-0.2, -0.15) is 15.0 Å². The molecular formula is C16H25N3. The first-order valence-corrected chi connectivity index (χ1v) is 6.98. The molecule has 3 heteroatoms. The van der Waals surface area contributed by atoms with Gasteiger partial charge in [-0.25, -0.2) is 0 Å². The molecule has 1 heterocycles. The largest absolute Gasteiger partial charge is 0.180 e. The van der Waals surface area contributed by atoms with E-state index in [2.05, 4.69) is 51.7 Å². The summed E-state index contributed by atoms with van der Waals surface area (Å²) in [7, 11) is 0. The van der Waals surface area contributed by atoms with Crippen molar-refractivity contribution in [1.82, 2.24) is 15.0 Å². The summed E-state index contributed by atoms with van der Waals surface area (Å²) >= 11 is 0. The van der Waals surface area contributed by atoms with Gasteiger partial charge in [0.25, 0.3) is 0 Å². The lowest BCUT2D eigenvalue weighted by Crippen LogP contribution is -2.30. The quantitative estimate of drug-likeness (QED) is 0.797. The highest BCUT2D eigenvalue weighted by Gasteiger charge is 2.32. The fourth-order valence-corrected chi connectivity index (χ4v) is 2.33. The first kappa shape index (κ1) is 14.0. The van der Waals surface area contributed by atoms with E-state index in [1.54, 1.807) is 0 Å². The average molecular weight is 259 g/mol. The summed E-state index contributed by atoms with van der Waals surface area (Å²) in [5, 5.41) is 9.34. The molecule has 0 saturated carbocycles. The molecule has 0 fully saturated rings. The smallest absolute Gasteiger partial charge is 0.113 e. The maximum atomic E-state index is 4.67. The van der Waals surface area contributed by atoms with Crippen LogP contribution in [0.3, 0.4) is 0 Å². The zero-order valence-electron chi connectivity index (χ0n) is 12.9. The Hall–Kier alpha value is -1.38. The van der Waals surface area contributed by atoms with Crippen LogP contribution in [-0.4, -0.2) is 15.0 Å². The minimum atomic E-state index is 0.141. The van der Waals surface area contributed by atoms with Gasteiger partial charge in [-0.15, -0.1) is 0 Å². The predicted octanol–water partition coefficient (Wildman–Crippen LogP) is 4.45. The van der Waals surface area contributed by atoms with Crippen LogP contribution in [0.25, 0.3) is 11.0 Å². The Balaban J connectivity index is 2.43. The summed E-state index contributed by atoms with van der Waals surface area (Å²) in [5.41, 5.74) is 2.36. The molecule has 2 aromatic rings. The van der Waals surface area contributed by atoms with E-state index in [1.807, 2.05) is 29.1 Å². The van der Waals surface area contributed by atoms with E-state index in [0.29, 0.717) is 6.04 Å². The molecular weight excluding hydrogens is 234 g/mol. The van der Waals surface area contributed by atoms with Gasteiger partial charge in [-0.05, 0) is 29.4 Å². The summed E-state index contributed by atoms with van der Waals surface area (Å²) in [6.45, 7) is 13.6. The van der Waals surface area contributed by atoms with Crippen molar-refractivity contribution in [3.8, 4) is 0 Å². The summed E-state index contributed by atoms with van der Waals surface area (Å²) in [4.78, 5) is 1.93. The lowest BCUT2D eigenvalue weighted by molar-refractivity contribution is 0.144. The van der Waals surface area contributed by atoms with Crippen molar-refractivity contribution < 1.29 is 0 Å². The lowest BCUT2D eigenvalue weighted by Gasteiger charge is -2.34. The molecule has 0 aliphatic carbocycles. The Bertz CT molecular complexity index is 522. The number of fused-ring (bicyclic) bond motifs is 1. The van der Waals surface area contributed by atoms with Gasteiger partial charge >= 0.3 is 0 Å². The number of rotatable bonds is 2. The number of hydrogen-bond acceptors (Lipinski definition) is 2. The van der Waals surface area contributed by atoms with Crippen molar-refractivity contribution in [2.45, 2.75) is 54.0 Å². The van der Waals surface area contributed by atoms with Gasteiger partial charge in [0.15, 0.2) is 0 Å². The van der Waals surface area contributed by atoms with Crippen LogP contribution in [0, 0.1) is 10.8 Å². The molecule has 0 spiro atoms. The van der Waals surface area contributed by atoms with Gasteiger partial charge in [-0.3, -0.25) is 0 Å². The van der Waals surface area contributed by atoms with Gasteiger partial charge in [0.2, 0.25) is 0 Å². The van der Waals surface area contributed by atoms with Crippen LogP contribution in [0.4, 0.5) is 0 Å². The van der Waals surface area contributed by atoms with Crippen molar-refractivity contribution in [3.05, 3.63) is 24.3 Å². The highest BCUT2D eigenvalue weighted by Crippen LogP contribution is 2.39. The Kier molecular flexibility index (Phi) is 3.41. The highest BCUT2D eigenvalue weighted by molar-refractivity contribution is 5.72. The third-order valence-corrected chi connectivity index (χ3v) is 3.39. The topological polar surface area (TPSA) is 30.7 Å². The molecule has 0 amide bonds. The van der Waals surface area contributed by atoms with Gasteiger partial charge < -0.3 is 0 Å². The van der Waals surface area contributed by atoms with Crippen molar-refractivity contribution in [3.63, 3.8) is 0 Å². The van der Waals surface area contributed by atoms with Crippen LogP contribution in [0.15, 0.2) is 24.3 Å². The molecule has 0 saturated heterocycles. The fourth-order valence-electron chi connectivity index (χ4n) is 2.33. The fraction of sp³-hybridized carbons (Fsp3) is 0.625. The first-order valence-electron chi connectivity index (χ1n) is 6.98. The summed E-state index contributed by atoms with van der Waals surface area (Å²) in [6, 6.07) is 8.37. The monoisotopic (exact) mass is 259 g/mol. The van der Waals surface area contributed by atoms with Crippen LogP contribution >= 0.6 is 0 Å². The number of benzene rings is 1. The van der Waals surface area contributed by atoms with E-state index < -0.39 is 0 Å². The van der Waals surface area contributed by atoms with E-state index >= 15 is 0 Å². The lowest BCUT2D eigenvalue weighted by atomic mass is 9.77. The standard InChI is InChI=1S/C16H25N3/c1-15(2,3)11-14(16(4,5)6)19-17-12-9-7-8-10-13(12)18-19/h7-10,14H,11H2,1-6H3. The van der Waals surface area contributed by atoms with Crippen molar-refractivity contribution in [2.75, 3.05) is 0 Å². The minimum absolute atomic E-state index is 0.141. The SMILES string of the molecule is CC(C)(C)CC(n1nc2ccccc2n1)C(C)(C)C. The van der Waals surface area contributed by atoms with E-state index in [4.69, 9.17) is 0 Å². The molecule has 2 rings (SSSR count). The van der Waals surface area contributed by atoms with Gasteiger partial charge in [0, 0.05) is 0 Å². The Morgan fingerprint density at radius 1 is 0.947 bits per heavy atom. The number of nitrogens with zero attached hydrogens (tertiary/aromatic N) is 3. The van der Waals surface area contributed by atoms with Crippen LogP contribution in [0.2, 0.25) is 0 Å². The van der Waals surface area contributed by atoms with E-state index in [0.717, 1.165) is 17.5 Å². The Morgan fingerprint density at radius 3 is 1.79 bits per heavy atom. The summed E-state index contributed by atoms with van der Waals surface area (Å²) < 4.78 is 0. The maximum Gasteiger partial charge on any atom is 0.113 e. The maximum absolute atomic E-state index is 4.67. The molecule has 1 unspecified atom stereocenters. The van der Waals surface area contributed by atoms with Gasteiger partial charge in [-0.1, -0.05) is 53.7 Å². The van der Waals surface area contributed by atoms with Crippen LogP contribution in [0.5, 0.6) is 0 Å². The molecule has 0 aliphatic rings. The predicted molar refractivity (Wildman–Crippen MR) is 80.1 cm³/mol. The number of aromatic nitrogens is 3. The molecule has 0 bridgehead atoms. The van der Waals surface area contributed by atoms with Crippen LogP contribution in [-0.2, 0) is 0 Å². The number of hydrogen-bond donors (Lipinski definition) is 0. The van der Waals surface area contributed by atoms with Crippen molar-refractivity contribution in [2.24, 2.45) is 10.8 Å². The third kappa shape index (κ3) is 3.34.